The van der Waals surface area contributed by atoms with Gasteiger partial charge in [-0.1, -0.05) is 24.3 Å². The molecule has 0 aromatic heterocycles. The lowest BCUT2D eigenvalue weighted by atomic mass is 9.94. The number of benzene rings is 3. The Labute approximate surface area is 249 Å². The molecule has 15 heteroatoms. The van der Waals surface area contributed by atoms with Crippen LogP contribution in [0.25, 0.3) is 0 Å². The van der Waals surface area contributed by atoms with Gasteiger partial charge in [0.15, 0.2) is 5.82 Å². The van der Waals surface area contributed by atoms with Crippen LogP contribution in [0.5, 0.6) is 0 Å². The number of rotatable bonds is 8. The molecule has 0 aliphatic carbocycles. The van der Waals surface area contributed by atoms with Gasteiger partial charge >= 0.3 is 18.0 Å². The number of thioether (sulfide) groups is 1. The number of halogens is 10. The Balaban J connectivity index is 2.08. The zero-order valence-corrected chi connectivity index (χ0v) is 24.6. The molecular formula is C26H18Br2F8N2O2S. The summed E-state index contributed by atoms with van der Waals surface area (Å²) >= 11 is 6.98. The third-order valence-electron chi connectivity index (χ3n) is 5.74. The second kappa shape index (κ2) is 12.7. The van der Waals surface area contributed by atoms with Crippen molar-refractivity contribution in [1.82, 2.24) is 0 Å². The van der Waals surface area contributed by atoms with Gasteiger partial charge in [0.2, 0.25) is 0 Å². The van der Waals surface area contributed by atoms with Gasteiger partial charge in [-0.3, -0.25) is 9.59 Å². The van der Waals surface area contributed by atoms with E-state index in [1.807, 2.05) is 0 Å². The summed E-state index contributed by atoms with van der Waals surface area (Å²) in [4.78, 5) is 27.0. The number of alkyl halides is 7. The van der Waals surface area contributed by atoms with Gasteiger partial charge in [0, 0.05) is 32.4 Å². The van der Waals surface area contributed by atoms with Crippen molar-refractivity contribution in [2.75, 3.05) is 28.8 Å². The topological polar surface area (TPSA) is 49.4 Å². The molecule has 0 bridgehead atoms. The van der Waals surface area contributed by atoms with E-state index in [2.05, 4.69) is 37.2 Å². The van der Waals surface area contributed by atoms with E-state index in [9.17, 15) is 40.3 Å². The first-order valence-electron chi connectivity index (χ1n) is 11.3. The maximum atomic E-state index is 15.5. The molecule has 0 heterocycles. The highest BCUT2D eigenvalue weighted by molar-refractivity contribution is 9.11. The van der Waals surface area contributed by atoms with E-state index in [0.717, 1.165) is 11.0 Å². The van der Waals surface area contributed by atoms with Gasteiger partial charge < -0.3 is 10.2 Å². The van der Waals surface area contributed by atoms with Gasteiger partial charge in [0.1, 0.15) is 0 Å². The first-order chi connectivity index (χ1) is 19.0. The molecule has 0 fully saturated rings. The van der Waals surface area contributed by atoms with Crippen LogP contribution in [-0.2, 0) is 5.67 Å². The monoisotopic (exact) mass is 732 g/mol. The predicted molar refractivity (Wildman–Crippen MR) is 148 cm³/mol. The molecule has 0 atom stereocenters. The van der Waals surface area contributed by atoms with E-state index in [1.54, 1.807) is 24.5 Å². The second-order valence-corrected chi connectivity index (χ2v) is 11.1. The summed E-state index contributed by atoms with van der Waals surface area (Å²) in [6.07, 6.45) is -11.0. The third-order valence-corrected chi connectivity index (χ3v) is 7.54. The highest BCUT2D eigenvalue weighted by Crippen LogP contribution is 2.55. The second-order valence-electron chi connectivity index (χ2n) is 8.38. The van der Waals surface area contributed by atoms with Crippen LogP contribution >= 0.6 is 43.6 Å². The first-order valence-corrected chi connectivity index (χ1v) is 14.3. The van der Waals surface area contributed by atoms with Gasteiger partial charge in [-0.25, -0.2) is 8.78 Å². The van der Waals surface area contributed by atoms with Gasteiger partial charge in [0.25, 0.3) is 11.8 Å². The Morgan fingerprint density at radius 3 is 1.95 bits per heavy atom. The molecule has 0 saturated carbocycles. The van der Waals surface area contributed by atoms with Crippen LogP contribution in [0.3, 0.4) is 0 Å². The van der Waals surface area contributed by atoms with E-state index >= 15 is 4.39 Å². The minimum Gasteiger partial charge on any atom is -0.319 e. The van der Waals surface area contributed by atoms with E-state index in [1.165, 1.54) is 36.0 Å². The normalized spacial score (nSPS) is 12.3. The standard InChI is InChI=1S/C26H18Br2F8N2O2S/c1-41-11-10-38(21-17(27)12-15(13-18(21)28)24(30,25(31,32)33)26(34,35)36)23(40)16-8-5-9-19(20(16)29)37-22(39)14-6-3-2-4-7-14/h2-9,12-13H,10-11H2,1H3,(H,37,39). The van der Waals surface area contributed by atoms with Crippen LogP contribution in [0.2, 0.25) is 0 Å². The average molecular weight is 734 g/mol. The van der Waals surface area contributed by atoms with Gasteiger partial charge in [-0.05, 0) is 74.5 Å². The maximum Gasteiger partial charge on any atom is 0.435 e. The summed E-state index contributed by atoms with van der Waals surface area (Å²) in [7, 11) is 0. The molecule has 0 radical (unpaired) electrons. The quantitative estimate of drug-likeness (QED) is 0.236. The number of hydrogen-bond acceptors (Lipinski definition) is 3. The number of carbonyl (C=O) groups excluding carboxylic acids is 2. The molecule has 0 unspecified atom stereocenters. The third kappa shape index (κ3) is 6.72. The Morgan fingerprint density at radius 1 is 0.878 bits per heavy atom. The summed E-state index contributed by atoms with van der Waals surface area (Å²) in [5.41, 5.74) is -8.45. The average Bonchev–Trinajstić information content (AvgIpc) is 2.89. The molecule has 4 nitrogen and oxygen atoms in total. The highest BCUT2D eigenvalue weighted by atomic mass is 79.9. The fourth-order valence-electron chi connectivity index (χ4n) is 3.73. The number of carbonyl (C=O) groups is 2. The zero-order chi connectivity index (χ0) is 30.8. The minimum absolute atomic E-state index is 0.171. The lowest BCUT2D eigenvalue weighted by molar-refractivity contribution is -0.348. The molecule has 0 aliphatic rings. The molecule has 0 aliphatic heterocycles. The van der Waals surface area contributed by atoms with Crippen molar-refractivity contribution in [2.45, 2.75) is 18.0 Å². The molecule has 0 spiro atoms. The van der Waals surface area contributed by atoms with Crippen LogP contribution in [0.1, 0.15) is 26.3 Å². The van der Waals surface area contributed by atoms with Crippen molar-refractivity contribution in [2.24, 2.45) is 0 Å². The molecule has 3 rings (SSSR count). The summed E-state index contributed by atoms with van der Waals surface area (Å²) in [5.74, 6) is -2.61. The van der Waals surface area contributed by atoms with Gasteiger partial charge in [0.05, 0.1) is 16.9 Å². The van der Waals surface area contributed by atoms with Gasteiger partial charge in [-0.15, -0.1) is 0 Å². The molecule has 1 N–H and O–H groups in total. The van der Waals surface area contributed by atoms with Crippen LogP contribution in [0, 0.1) is 5.82 Å². The summed E-state index contributed by atoms with van der Waals surface area (Å²) < 4.78 is 109. The molecule has 0 saturated heterocycles. The molecule has 3 aromatic rings. The molecular weight excluding hydrogens is 716 g/mol. The summed E-state index contributed by atoms with van der Waals surface area (Å²) in [6, 6.07) is 11.9. The van der Waals surface area contributed by atoms with Crippen LogP contribution in [-0.4, -0.2) is 42.7 Å². The Kier molecular flexibility index (Phi) is 10.2. The van der Waals surface area contributed by atoms with E-state index in [-0.39, 0.29) is 41.4 Å². The predicted octanol–water partition coefficient (Wildman–Crippen LogP) is 8.90. The van der Waals surface area contributed by atoms with E-state index in [0.29, 0.717) is 0 Å². The zero-order valence-electron chi connectivity index (χ0n) is 20.6. The lowest BCUT2D eigenvalue weighted by Crippen LogP contribution is -2.50. The van der Waals surface area contributed by atoms with Crippen LogP contribution < -0.4 is 10.2 Å². The number of hydrogen-bond donors (Lipinski definition) is 1. The van der Waals surface area contributed by atoms with Crippen LogP contribution in [0.4, 0.5) is 46.5 Å². The maximum absolute atomic E-state index is 15.5. The number of amides is 2. The number of nitrogens with zero attached hydrogens (tertiary/aromatic N) is 1. The molecule has 220 valence electrons. The first kappa shape index (κ1) is 32.9. The lowest BCUT2D eigenvalue weighted by Gasteiger charge is -2.32. The van der Waals surface area contributed by atoms with Crippen molar-refractivity contribution in [3.63, 3.8) is 0 Å². The highest BCUT2D eigenvalue weighted by Gasteiger charge is 2.73. The van der Waals surface area contributed by atoms with Crippen molar-refractivity contribution in [3.8, 4) is 0 Å². The fraction of sp³-hybridized carbons (Fsp3) is 0.231. The Bertz CT molecular complexity index is 1400. The largest absolute Gasteiger partial charge is 0.435 e. The van der Waals surface area contributed by atoms with Gasteiger partial charge in [-0.2, -0.15) is 38.1 Å². The Morgan fingerprint density at radius 2 is 1.44 bits per heavy atom. The molecule has 3 aromatic carbocycles. The van der Waals surface area contributed by atoms with Crippen molar-refractivity contribution < 1.29 is 44.7 Å². The van der Waals surface area contributed by atoms with Crippen molar-refractivity contribution >= 4 is 66.8 Å². The SMILES string of the molecule is CSCCN(C(=O)c1cccc(NC(=O)c2ccccc2)c1F)c1c(Br)cc(C(F)(C(F)(F)F)C(F)(F)F)cc1Br. The smallest absolute Gasteiger partial charge is 0.319 e. The van der Waals surface area contributed by atoms with E-state index in [4.69, 9.17) is 0 Å². The fourth-order valence-corrected chi connectivity index (χ4v) is 5.71. The number of anilines is 2. The van der Waals surface area contributed by atoms with E-state index < -0.39 is 55.7 Å². The molecule has 2 amide bonds. The molecule has 41 heavy (non-hydrogen) atoms. The van der Waals surface area contributed by atoms with Crippen molar-refractivity contribution in [1.29, 1.82) is 0 Å². The van der Waals surface area contributed by atoms with Crippen molar-refractivity contribution in [3.05, 3.63) is 92.1 Å². The summed E-state index contributed by atoms with van der Waals surface area (Å²) in [6.45, 7) is -0.171. The summed E-state index contributed by atoms with van der Waals surface area (Å²) in [5, 5.41) is 2.36. The van der Waals surface area contributed by atoms with Crippen LogP contribution in [0.15, 0.2) is 69.6 Å². The Hall–Kier alpha value is -2.65. The minimum atomic E-state index is -6.35. The number of nitrogens with one attached hydrogen (secondary N) is 1.